The van der Waals surface area contributed by atoms with Crippen LogP contribution in [0.2, 0.25) is 10.0 Å². The van der Waals surface area contributed by atoms with E-state index in [1.54, 1.807) is 24.5 Å². The molecule has 0 spiro atoms. The third-order valence-corrected chi connectivity index (χ3v) is 5.05. The standard InChI is InChI=1S/C24H28Cl4N2O4/c1-17(2)16-34-30-9-7-18-5-6-23(29-15-18)32-10-3-4-11-33-24-20(25)13-19(14-21(24)26)31-12-8-22(27)28/h5-6,8-9,13-15,17H,3-4,7,10-12,16H2,1-2H3. The first-order chi connectivity index (χ1) is 16.3. The van der Waals surface area contributed by atoms with E-state index in [0.29, 0.717) is 59.6 Å². The van der Waals surface area contributed by atoms with E-state index in [0.717, 1.165) is 18.4 Å². The maximum Gasteiger partial charge on any atom is 0.213 e. The Kier molecular flexibility index (Phi) is 13.3. The molecule has 10 heteroatoms. The molecule has 0 aliphatic heterocycles. The van der Waals surface area contributed by atoms with E-state index in [2.05, 4.69) is 24.0 Å². The van der Waals surface area contributed by atoms with Crippen molar-refractivity contribution in [2.24, 2.45) is 11.1 Å². The number of benzene rings is 1. The summed E-state index contributed by atoms with van der Waals surface area (Å²) in [7, 11) is 0. The number of aromatic nitrogens is 1. The van der Waals surface area contributed by atoms with E-state index in [4.69, 9.17) is 65.5 Å². The van der Waals surface area contributed by atoms with Crippen LogP contribution in [0.1, 0.15) is 32.3 Å². The highest BCUT2D eigenvalue weighted by atomic mass is 35.5. The molecule has 1 heterocycles. The van der Waals surface area contributed by atoms with Crippen molar-refractivity contribution < 1.29 is 19.0 Å². The van der Waals surface area contributed by atoms with Crippen LogP contribution in [0.5, 0.6) is 17.4 Å². The van der Waals surface area contributed by atoms with Crippen LogP contribution < -0.4 is 14.2 Å². The van der Waals surface area contributed by atoms with Crippen molar-refractivity contribution in [1.29, 1.82) is 0 Å². The molecule has 0 N–H and O–H groups in total. The van der Waals surface area contributed by atoms with Crippen LogP contribution in [0.3, 0.4) is 0 Å². The van der Waals surface area contributed by atoms with Crippen LogP contribution in [0.15, 0.2) is 46.2 Å². The van der Waals surface area contributed by atoms with Crippen molar-refractivity contribution in [1.82, 2.24) is 4.98 Å². The molecule has 0 fully saturated rings. The summed E-state index contributed by atoms with van der Waals surface area (Å²) >= 11 is 23.6. The molecule has 0 amide bonds. The van der Waals surface area contributed by atoms with E-state index in [1.807, 2.05) is 12.1 Å². The second-order valence-electron chi connectivity index (χ2n) is 7.61. The van der Waals surface area contributed by atoms with Gasteiger partial charge in [-0.3, -0.25) is 0 Å². The molecule has 6 nitrogen and oxygen atoms in total. The lowest BCUT2D eigenvalue weighted by Gasteiger charge is -2.12. The van der Waals surface area contributed by atoms with Crippen molar-refractivity contribution in [2.75, 3.05) is 26.4 Å². The van der Waals surface area contributed by atoms with Gasteiger partial charge < -0.3 is 19.0 Å². The highest BCUT2D eigenvalue weighted by molar-refractivity contribution is 6.55. The van der Waals surface area contributed by atoms with Crippen molar-refractivity contribution >= 4 is 52.6 Å². The summed E-state index contributed by atoms with van der Waals surface area (Å²) in [5, 5.41) is 4.66. The number of hydrogen-bond acceptors (Lipinski definition) is 6. The van der Waals surface area contributed by atoms with Gasteiger partial charge in [0.1, 0.15) is 23.5 Å². The minimum atomic E-state index is 0.127. The van der Waals surface area contributed by atoms with Gasteiger partial charge in [-0.15, -0.1) is 0 Å². The lowest BCUT2D eigenvalue weighted by Crippen LogP contribution is -2.04. The van der Waals surface area contributed by atoms with Gasteiger partial charge in [-0.2, -0.15) is 0 Å². The van der Waals surface area contributed by atoms with Gasteiger partial charge in [-0.1, -0.05) is 71.5 Å². The topological polar surface area (TPSA) is 62.2 Å². The van der Waals surface area contributed by atoms with Crippen molar-refractivity contribution in [3.63, 3.8) is 0 Å². The Morgan fingerprint density at radius 1 is 1.03 bits per heavy atom. The number of oxime groups is 1. The minimum Gasteiger partial charge on any atom is -0.490 e. The number of rotatable bonds is 15. The third-order valence-electron chi connectivity index (χ3n) is 4.18. The number of unbranched alkanes of at least 4 members (excludes halogenated alkanes) is 1. The fourth-order valence-corrected chi connectivity index (χ4v) is 3.22. The highest BCUT2D eigenvalue weighted by Gasteiger charge is 2.10. The Labute approximate surface area is 220 Å². The lowest BCUT2D eigenvalue weighted by molar-refractivity contribution is 0.119. The Balaban J connectivity index is 1.65. The van der Waals surface area contributed by atoms with Gasteiger partial charge in [0.25, 0.3) is 0 Å². The number of nitrogens with zero attached hydrogens (tertiary/aromatic N) is 2. The van der Waals surface area contributed by atoms with Crippen molar-refractivity contribution in [3.05, 3.63) is 56.6 Å². The summed E-state index contributed by atoms with van der Waals surface area (Å²) in [5.74, 6) is 1.93. The lowest BCUT2D eigenvalue weighted by atomic mass is 10.2. The van der Waals surface area contributed by atoms with Gasteiger partial charge in [0, 0.05) is 37.0 Å². The Morgan fingerprint density at radius 2 is 1.74 bits per heavy atom. The Bertz CT molecular complexity index is 910. The van der Waals surface area contributed by atoms with E-state index in [-0.39, 0.29) is 11.1 Å². The Hall–Kier alpha value is -1.86. The molecule has 2 aromatic rings. The maximum absolute atomic E-state index is 6.26. The quantitative estimate of drug-likeness (QED) is 0.130. The molecule has 0 aliphatic carbocycles. The molecular weight excluding hydrogens is 522 g/mol. The molecule has 186 valence electrons. The molecule has 0 unspecified atom stereocenters. The first-order valence-corrected chi connectivity index (χ1v) is 12.3. The van der Waals surface area contributed by atoms with Crippen LogP contribution in [-0.2, 0) is 11.3 Å². The fourth-order valence-electron chi connectivity index (χ4n) is 2.52. The molecular formula is C24H28Cl4N2O4. The molecule has 0 atom stereocenters. The van der Waals surface area contributed by atoms with Gasteiger partial charge >= 0.3 is 0 Å². The van der Waals surface area contributed by atoms with Gasteiger partial charge in [0.15, 0.2) is 5.75 Å². The molecule has 0 saturated heterocycles. The highest BCUT2D eigenvalue weighted by Crippen LogP contribution is 2.37. The van der Waals surface area contributed by atoms with Crippen molar-refractivity contribution in [3.8, 4) is 17.4 Å². The second-order valence-corrected chi connectivity index (χ2v) is 9.43. The zero-order chi connectivity index (χ0) is 24.8. The van der Waals surface area contributed by atoms with Crippen LogP contribution in [0, 0.1) is 5.92 Å². The van der Waals surface area contributed by atoms with Gasteiger partial charge in [-0.05, 0) is 30.4 Å². The average Bonchev–Trinajstić information content (AvgIpc) is 2.78. The molecule has 0 aliphatic rings. The van der Waals surface area contributed by atoms with Gasteiger partial charge in [0.05, 0.1) is 23.3 Å². The van der Waals surface area contributed by atoms with Crippen LogP contribution in [0.4, 0.5) is 0 Å². The predicted octanol–water partition coefficient (Wildman–Crippen LogP) is 7.53. The number of halogens is 4. The second kappa shape index (κ2) is 15.9. The maximum atomic E-state index is 6.26. The molecule has 0 saturated carbocycles. The molecule has 34 heavy (non-hydrogen) atoms. The molecule has 2 rings (SSSR count). The van der Waals surface area contributed by atoms with E-state index >= 15 is 0 Å². The van der Waals surface area contributed by atoms with Gasteiger partial charge in [0.2, 0.25) is 5.88 Å². The number of ether oxygens (including phenoxy) is 3. The zero-order valence-electron chi connectivity index (χ0n) is 19.1. The Morgan fingerprint density at radius 3 is 2.35 bits per heavy atom. The fraction of sp³-hybridized carbons (Fsp3) is 0.417. The predicted molar refractivity (Wildman–Crippen MR) is 139 cm³/mol. The smallest absolute Gasteiger partial charge is 0.213 e. The van der Waals surface area contributed by atoms with Crippen LogP contribution in [-0.4, -0.2) is 37.6 Å². The number of hydrogen-bond donors (Lipinski definition) is 0. The van der Waals surface area contributed by atoms with Crippen molar-refractivity contribution in [2.45, 2.75) is 33.1 Å². The first-order valence-electron chi connectivity index (χ1n) is 10.8. The molecule has 0 radical (unpaired) electrons. The average molecular weight is 550 g/mol. The zero-order valence-corrected chi connectivity index (χ0v) is 22.1. The third kappa shape index (κ3) is 11.5. The summed E-state index contributed by atoms with van der Waals surface area (Å²) in [4.78, 5) is 9.49. The SMILES string of the molecule is CC(C)CON=CCc1ccc(OCCCCOc2c(Cl)cc(OCC=C(Cl)Cl)cc2Cl)nc1. The first kappa shape index (κ1) is 28.4. The van der Waals surface area contributed by atoms with E-state index < -0.39 is 0 Å². The summed E-state index contributed by atoms with van der Waals surface area (Å²) in [6, 6.07) is 7.05. The summed E-state index contributed by atoms with van der Waals surface area (Å²) in [5.41, 5.74) is 1.03. The molecule has 1 aromatic carbocycles. The summed E-state index contributed by atoms with van der Waals surface area (Å²) in [6.07, 6.45) is 7.21. The molecule has 0 bridgehead atoms. The van der Waals surface area contributed by atoms with Gasteiger partial charge in [-0.25, -0.2) is 4.98 Å². The van der Waals surface area contributed by atoms with E-state index in [9.17, 15) is 0 Å². The van der Waals surface area contributed by atoms with Crippen LogP contribution >= 0.6 is 46.4 Å². The van der Waals surface area contributed by atoms with E-state index in [1.165, 1.54) is 6.08 Å². The minimum absolute atomic E-state index is 0.127. The largest absolute Gasteiger partial charge is 0.490 e. The summed E-state index contributed by atoms with van der Waals surface area (Å²) < 4.78 is 17.0. The number of pyridine rings is 1. The van der Waals surface area contributed by atoms with Crippen LogP contribution in [0.25, 0.3) is 0 Å². The molecule has 1 aromatic heterocycles. The summed E-state index contributed by atoms with van der Waals surface area (Å²) in [6.45, 7) is 5.92. The normalized spacial score (nSPS) is 11.0. The monoisotopic (exact) mass is 548 g/mol.